The summed E-state index contributed by atoms with van der Waals surface area (Å²) in [6, 6.07) is 11.8. The largest absolute Gasteiger partial charge is 0.490 e. The zero-order chi connectivity index (χ0) is 20.0. The molecular formula is C23H31NO3. The zero-order valence-corrected chi connectivity index (χ0v) is 17.0. The summed E-state index contributed by atoms with van der Waals surface area (Å²) in [6.45, 7) is 10.8. The Hall–Kier alpha value is -2.17. The molecule has 0 fully saturated rings. The van der Waals surface area contributed by atoms with Gasteiger partial charge in [0.1, 0.15) is 18.5 Å². The minimum Gasteiger partial charge on any atom is -0.490 e. The summed E-state index contributed by atoms with van der Waals surface area (Å²) >= 11 is 0. The van der Waals surface area contributed by atoms with E-state index < -0.39 is 6.10 Å². The lowest BCUT2D eigenvalue weighted by atomic mass is 9.93. The summed E-state index contributed by atoms with van der Waals surface area (Å²) in [5, 5.41) is 13.2. The van der Waals surface area contributed by atoms with Gasteiger partial charge in [0.15, 0.2) is 5.78 Å². The third-order valence-corrected chi connectivity index (χ3v) is 4.56. The fourth-order valence-electron chi connectivity index (χ4n) is 3.18. The number of carbonyl (C=O) groups is 1. The van der Waals surface area contributed by atoms with Crippen LogP contribution in [0.1, 0.15) is 46.5 Å². The fraction of sp³-hybridized carbons (Fsp3) is 0.435. The minimum atomic E-state index is -0.628. The molecule has 4 nitrogen and oxygen atoms in total. The van der Waals surface area contributed by atoms with E-state index in [0.717, 1.165) is 16.7 Å². The maximum atomic E-state index is 12.9. The summed E-state index contributed by atoms with van der Waals surface area (Å²) in [5.74, 6) is 0.545. The van der Waals surface area contributed by atoms with Gasteiger partial charge in [-0.1, -0.05) is 43.7 Å². The monoisotopic (exact) mass is 369 g/mol. The lowest BCUT2D eigenvalue weighted by Crippen LogP contribution is -2.35. The number of aryl methyl sites for hydroxylation is 3. The number of Topliss-reactive ketones (excluding diaryl/α,β-unsaturated/α-hetero) is 1. The first-order valence-electron chi connectivity index (χ1n) is 9.51. The molecule has 1 atom stereocenters. The molecule has 0 aliphatic heterocycles. The highest BCUT2D eigenvalue weighted by atomic mass is 16.5. The Kier molecular flexibility index (Phi) is 7.57. The molecule has 2 N–H and O–H groups in total. The molecule has 0 amide bonds. The Labute approximate surface area is 162 Å². The molecule has 0 bridgehead atoms. The number of rotatable bonds is 9. The molecule has 27 heavy (non-hydrogen) atoms. The van der Waals surface area contributed by atoms with Gasteiger partial charge in [0.25, 0.3) is 0 Å². The van der Waals surface area contributed by atoms with Crippen molar-refractivity contribution < 1.29 is 14.6 Å². The molecule has 4 heteroatoms. The SMILES string of the molecule is Cc1cc(C)c(CC(=O)c2ccccc2OCC(O)CNC(C)C)c(C)c1. The molecule has 2 rings (SSSR count). The van der Waals surface area contributed by atoms with Crippen LogP contribution in [-0.2, 0) is 6.42 Å². The van der Waals surface area contributed by atoms with Crippen LogP contribution in [0.2, 0.25) is 0 Å². The second kappa shape index (κ2) is 9.67. The van der Waals surface area contributed by atoms with Crippen LogP contribution in [-0.4, -0.2) is 36.2 Å². The first kappa shape index (κ1) is 21.1. The lowest BCUT2D eigenvalue weighted by Gasteiger charge is -2.17. The smallest absolute Gasteiger partial charge is 0.170 e. The van der Waals surface area contributed by atoms with Crippen molar-refractivity contribution in [1.29, 1.82) is 0 Å². The zero-order valence-electron chi connectivity index (χ0n) is 17.0. The fourth-order valence-corrected chi connectivity index (χ4v) is 3.18. The van der Waals surface area contributed by atoms with Gasteiger partial charge in [-0.15, -0.1) is 0 Å². The van der Waals surface area contributed by atoms with Crippen LogP contribution in [0.3, 0.4) is 0 Å². The van der Waals surface area contributed by atoms with E-state index in [1.807, 2.05) is 39.8 Å². The second-order valence-corrected chi connectivity index (χ2v) is 7.50. The van der Waals surface area contributed by atoms with Crippen molar-refractivity contribution in [1.82, 2.24) is 5.32 Å². The molecule has 0 radical (unpaired) electrons. The van der Waals surface area contributed by atoms with Crippen LogP contribution in [0.25, 0.3) is 0 Å². The van der Waals surface area contributed by atoms with Gasteiger partial charge in [0, 0.05) is 19.0 Å². The van der Waals surface area contributed by atoms with E-state index in [0.29, 0.717) is 30.3 Å². The van der Waals surface area contributed by atoms with Crippen LogP contribution >= 0.6 is 0 Å². The van der Waals surface area contributed by atoms with Crippen molar-refractivity contribution in [2.75, 3.05) is 13.2 Å². The molecule has 0 aliphatic carbocycles. The number of ether oxygens (including phenoxy) is 1. The van der Waals surface area contributed by atoms with Gasteiger partial charge in [-0.2, -0.15) is 0 Å². The lowest BCUT2D eigenvalue weighted by molar-refractivity contribution is 0.0954. The van der Waals surface area contributed by atoms with E-state index in [9.17, 15) is 9.90 Å². The van der Waals surface area contributed by atoms with E-state index >= 15 is 0 Å². The molecule has 146 valence electrons. The number of benzene rings is 2. The summed E-state index contributed by atoms with van der Waals surface area (Å²) in [6.07, 6.45) is -0.285. The summed E-state index contributed by atoms with van der Waals surface area (Å²) < 4.78 is 5.76. The second-order valence-electron chi connectivity index (χ2n) is 7.50. The Morgan fingerprint density at radius 1 is 1.11 bits per heavy atom. The van der Waals surface area contributed by atoms with E-state index in [4.69, 9.17) is 4.74 Å². The maximum Gasteiger partial charge on any atom is 0.170 e. The summed E-state index contributed by atoms with van der Waals surface area (Å²) in [5.41, 5.74) is 5.10. The van der Waals surface area contributed by atoms with Crippen molar-refractivity contribution >= 4 is 5.78 Å². The van der Waals surface area contributed by atoms with Crippen molar-refractivity contribution in [2.45, 2.75) is 53.2 Å². The first-order chi connectivity index (χ1) is 12.8. The quantitative estimate of drug-likeness (QED) is 0.661. The number of nitrogens with one attached hydrogen (secondary N) is 1. The number of aliphatic hydroxyl groups excluding tert-OH is 1. The number of ketones is 1. The number of hydrogen-bond donors (Lipinski definition) is 2. The molecule has 1 unspecified atom stereocenters. The molecule has 0 spiro atoms. The van der Waals surface area contributed by atoms with Crippen molar-refractivity contribution in [2.24, 2.45) is 0 Å². The number of hydrogen-bond acceptors (Lipinski definition) is 4. The van der Waals surface area contributed by atoms with Gasteiger partial charge in [0.05, 0.1) is 5.56 Å². The molecule has 2 aromatic rings. The van der Waals surface area contributed by atoms with Gasteiger partial charge in [-0.3, -0.25) is 4.79 Å². The highest BCUT2D eigenvalue weighted by Crippen LogP contribution is 2.23. The van der Waals surface area contributed by atoms with Crippen molar-refractivity contribution in [3.63, 3.8) is 0 Å². The van der Waals surface area contributed by atoms with Gasteiger partial charge >= 0.3 is 0 Å². The van der Waals surface area contributed by atoms with Crippen LogP contribution in [0.15, 0.2) is 36.4 Å². The third kappa shape index (κ3) is 6.19. The Bertz CT molecular complexity index is 760. The summed E-state index contributed by atoms with van der Waals surface area (Å²) in [7, 11) is 0. The molecule has 0 saturated carbocycles. The molecular weight excluding hydrogens is 338 g/mol. The topological polar surface area (TPSA) is 58.6 Å². The highest BCUT2D eigenvalue weighted by Gasteiger charge is 2.16. The molecule has 2 aromatic carbocycles. The number of para-hydroxylation sites is 1. The van der Waals surface area contributed by atoms with Gasteiger partial charge < -0.3 is 15.2 Å². The Balaban J connectivity index is 2.09. The minimum absolute atomic E-state index is 0.0236. The van der Waals surface area contributed by atoms with E-state index in [1.165, 1.54) is 5.56 Å². The molecule has 0 heterocycles. The predicted octanol–water partition coefficient (Wildman–Crippen LogP) is 3.77. The van der Waals surface area contributed by atoms with Crippen LogP contribution in [0, 0.1) is 20.8 Å². The molecule has 0 aliphatic rings. The van der Waals surface area contributed by atoms with E-state index in [2.05, 4.69) is 24.4 Å². The Morgan fingerprint density at radius 3 is 2.37 bits per heavy atom. The van der Waals surface area contributed by atoms with E-state index in [1.54, 1.807) is 12.1 Å². The maximum absolute atomic E-state index is 12.9. The number of carbonyl (C=O) groups excluding carboxylic acids is 1. The summed E-state index contributed by atoms with van der Waals surface area (Å²) in [4.78, 5) is 12.9. The average Bonchev–Trinajstić information content (AvgIpc) is 2.61. The normalized spacial score (nSPS) is 12.3. The third-order valence-electron chi connectivity index (χ3n) is 4.56. The average molecular weight is 370 g/mol. The first-order valence-corrected chi connectivity index (χ1v) is 9.51. The van der Waals surface area contributed by atoms with Gasteiger partial charge in [-0.25, -0.2) is 0 Å². The Morgan fingerprint density at radius 2 is 1.74 bits per heavy atom. The van der Waals surface area contributed by atoms with Crippen molar-refractivity contribution in [3.05, 3.63) is 64.2 Å². The van der Waals surface area contributed by atoms with Gasteiger partial charge in [0.2, 0.25) is 0 Å². The van der Waals surface area contributed by atoms with Crippen LogP contribution < -0.4 is 10.1 Å². The molecule has 0 saturated heterocycles. The van der Waals surface area contributed by atoms with Crippen LogP contribution in [0.4, 0.5) is 0 Å². The highest BCUT2D eigenvalue weighted by molar-refractivity contribution is 6.00. The van der Waals surface area contributed by atoms with E-state index in [-0.39, 0.29) is 12.4 Å². The predicted molar refractivity (Wildman–Crippen MR) is 110 cm³/mol. The molecule has 0 aromatic heterocycles. The standard InChI is InChI=1S/C23H31NO3/c1-15(2)24-13-19(25)14-27-23-9-7-6-8-20(23)22(26)12-21-17(4)10-16(3)11-18(21)5/h6-11,15,19,24-25H,12-14H2,1-5H3. The van der Waals surface area contributed by atoms with Crippen LogP contribution in [0.5, 0.6) is 5.75 Å². The van der Waals surface area contributed by atoms with Gasteiger partial charge in [-0.05, 0) is 49.6 Å². The van der Waals surface area contributed by atoms with Crippen molar-refractivity contribution in [3.8, 4) is 5.75 Å². The number of aliphatic hydroxyl groups is 1.